The third-order valence-electron chi connectivity index (χ3n) is 4.89. The Morgan fingerprint density at radius 1 is 1.32 bits per heavy atom. The number of likely N-dealkylation sites (tertiary alicyclic amines) is 2. The van der Waals surface area contributed by atoms with Crippen molar-refractivity contribution in [3.63, 3.8) is 0 Å². The zero-order valence-electron chi connectivity index (χ0n) is 12.6. The lowest BCUT2D eigenvalue weighted by Gasteiger charge is -2.36. The SMILES string of the molecule is CC(C)N1CCC(C(=O)N2CC(CN)CC2C)CC1. The predicted octanol–water partition coefficient (Wildman–Crippen LogP) is 1.30. The number of hydrogen-bond donors (Lipinski definition) is 1. The number of piperidine rings is 1. The first kappa shape index (κ1) is 14.8. The zero-order chi connectivity index (χ0) is 14.0. The molecule has 2 aliphatic heterocycles. The van der Waals surface area contributed by atoms with Gasteiger partial charge in [0.05, 0.1) is 0 Å². The highest BCUT2D eigenvalue weighted by Gasteiger charge is 2.36. The molecule has 110 valence electrons. The van der Waals surface area contributed by atoms with Crippen LogP contribution < -0.4 is 5.73 Å². The van der Waals surface area contributed by atoms with Crippen molar-refractivity contribution in [2.24, 2.45) is 17.6 Å². The predicted molar refractivity (Wildman–Crippen MR) is 77.8 cm³/mol. The van der Waals surface area contributed by atoms with Crippen LogP contribution in [0.25, 0.3) is 0 Å². The Labute approximate surface area is 117 Å². The molecule has 2 rings (SSSR count). The summed E-state index contributed by atoms with van der Waals surface area (Å²) in [6, 6.07) is 0.979. The van der Waals surface area contributed by atoms with E-state index in [9.17, 15) is 4.79 Å². The van der Waals surface area contributed by atoms with Gasteiger partial charge in [-0.15, -0.1) is 0 Å². The summed E-state index contributed by atoms with van der Waals surface area (Å²) >= 11 is 0. The second-order valence-corrected chi connectivity index (χ2v) is 6.58. The summed E-state index contributed by atoms with van der Waals surface area (Å²) in [7, 11) is 0. The van der Waals surface area contributed by atoms with Gasteiger partial charge in [0.2, 0.25) is 5.91 Å². The number of rotatable bonds is 3. The Bertz CT molecular complexity index is 311. The van der Waals surface area contributed by atoms with Crippen LogP contribution in [0.5, 0.6) is 0 Å². The van der Waals surface area contributed by atoms with E-state index in [2.05, 4.69) is 30.6 Å². The van der Waals surface area contributed by atoms with Crippen LogP contribution in [-0.2, 0) is 4.79 Å². The van der Waals surface area contributed by atoms with E-state index in [1.54, 1.807) is 0 Å². The molecule has 1 amide bonds. The summed E-state index contributed by atoms with van der Waals surface area (Å²) < 4.78 is 0. The number of carbonyl (C=O) groups is 1. The fourth-order valence-corrected chi connectivity index (χ4v) is 3.52. The van der Waals surface area contributed by atoms with Crippen LogP contribution >= 0.6 is 0 Å². The smallest absolute Gasteiger partial charge is 0.226 e. The molecule has 0 aromatic heterocycles. The first-order chi connectivity index (χ1) is 9.02. The second-order valence-electron chi connectivity index (χ2n) is 6.58. The van der Waals surface area contributed by atoms with Gasteiger partial charge in [-0.1, -0.05) is 0 Å². The number of amides is 1. The summed E-state index contributed by atoms with van der Waals surface area (Å²) in [4.78, 5) is 17.2. The topological polar surface area (TPSA) is 49.6 Å². The van der Waals surface area contributed by atoms with Crippen LogP contribution in [0.1, 0.15) is 40.0 Å². The molecule has 2 unspecified atom stereocenters. The fraction of sp³-hybridized carbons (Fsp3) is 0.933. The van der Waals surface area contributed by atoms with Gasteiger partial charge in [0, 0.05) is 24.5 Å². The van der Waals surface area contributed by atoms with E-state index in [-0.39, 0.29) is 5.92 Å². The molecular weight excluding hydrogens is 238 g/mol. The van der Waals surface area contributed by atoms with Gasteiger partial charge in [0.25, 0.3) is 0 Å². The van der Waals surface area contributed by atoms with E-state index in [1.807, 2.05) is 0 Å². The number of nitrogens with zero attached hydrogens (tertiary/aromatic N) is 2. The summed E-state index contributed by atoms with van der Waals surface area (Å²) in [5.41, 5.74) is 5.74. The molecule has 2 aliphatic rings. The standard InChI is InChI=1S/C15H29N3O/c1-11(2)17-6-4-14(5-7-17)15(19)18-10-13(9-16)8-12(18)3/h11-14H,4-10,16H2,1-3H3. The highest BCUT2D eigenvalue weighted by Crippen LogP contribution is 2.27. The molecule has 0 aliphatic carbocycles. The number of carbonyl (C=O) groups excluding carboxylic acids is 1. The van der Waals surface area contributed by atoms with Crippen LogP contribution in [0.4, 0.5) is 0 Å². The van der Waals surface area contributed by atoms with Gasteiger partial charge < -0.3 is 15.5 Å². The van der Waals surface area contributed by atoms with E-state index in [0.29, 0.717) is 30.5 Å². The molecule has 2 N–H and O–H groups in total. The van der Waals surface area contributed by atoms with Crippen molar-refractivity contribution in [3.8, 4) is 0 Å². The van der Waals surface area contributed by atoms with Crippen molar-refractivity contribution in [3.05, 3.63) is 0 Å². The van der Waals surface area contributed by atoms with E-state index >= 15 is 0 Å². The van der Waals surface area contributed by atoms with Crippen molar-refractivity contribution >= 4 is 5.91 Å². The number of nitrogens with two attached hydrogens (primary N) is 1. The average molecular weight is 267 g/mol. The Hall–Kier alpha value is -0.610. The molecular formula is C15H29N3O. The van der Waals surface area contributed by atoms with Gasteiger partial charge in [-0.25, -0.2) is 0 Å². The van der Waals surface area contributed by atoms with Gasteiger partial charge >= 0.3 is 0 Å². The summed E-state index contributed by atoms with van der Waals surface area (Å²) in [5, 5.41) is 0. The summed E-state index contributed by atoms with van der Waals surface area (Å²) in [6.45, 7) is 10.3. The largest absolute Gasteiger partial charge is 0.339 e. The fourth-order valence-electron chi connectivity index (χ4n) is 3.52. The molecule has 4 nitrogen and oxygen atoms in total. The Morgan fingerprint density at radius 2 is 1.95 bits per heavy atom. The first-order valence-corrected chi connectivity index (χ1v) is 7.77. The quantitative estimate of drug-likeness (QED) is 0.838. The van der Waals surface area contributed by atoms with Crippen molar-refractivity contribution in [1.29, 1.82) is 0 Å². The molecule has 0 aromatic rings. The average Bonchev–Trinajstić information content (AvgIpc) is 2.79. The lowest BCUT2D eigenvalue weighted by atomic mass is 9.94. The monoisotopic (exact) mass is 267 g/mol. The van der Waals surface area contributed by atoms with Gasteiger partial charge in [-0.2, -0.15) is 0 Å². The summed E-state index contributed by atoms with van der Waals surface area (Å²) in [5.74, 6) is 1.13. The highest BCUT2D eigenvalue weighted by molar-refractivity contribution is 5.79. The molecule has 0 aromatic carbocycles. The molecule has 0 bridgehead atoms. The third kappa shape index (κ3) is 3.29. The molecule has 4 heteroatoms. The lowest BCUT2D eigenvalue weighted by molar-refractivity contribution is -0.137. The molecule has 19 heavy (non-hydrogen) atoms. The maximum absolute atomic E-state index is 12.6. The minimum Gasteiger partial charge on any atom is -0.339 e. The van der Waals surface area contributed by atoms with Crippen molar-refractivity contribution in [1.82, 2.24) is 9.80 Å². The van der Waals surface area contributed by atoms with Crippen LogP contribution in [-0.4, -0.2) is 54.0 Å². The molecule has 2 heterocycles. The van der Waals surface area contributed by atoms with Crippen LogP contribution in [0, 0.1) is 11.8 Å². The Morgan fingerprint density at radius 3 is 2.42 bits per heavy atom. The molecule has 2 atom stereocenters. The second kappa shape index (κ2) is 6.23. The van der Waals surface area contributed by atoms with Crippen molar-refractivity contribution in [2.75, 3.05) is 26.2 Å². The van der Waals surface area contributed by atoms with E-state index in [1.165, 1.54) is 0 Å². The normalized spacial score (nSPS) is 30.3. The van der Waals surface area contributed by atoms with E-state index in [4.69, 9.17) is 5.73 Å². The van der Waals surface area contributed by atoms with E-state index < -0.39 is 0 Å². The molecule has 0 radical (unpaired) electrons. The Kier molecular flexibility index (Phi) is 4.85. The van der Waals surface area contributed by atoms with Gasteiger partial charge in [-0.3, -0.25) is 4.79 Å². The molecule has 0 saturated carbocycles. The minimum atomic E-state index is 0.244. The maximum atomic E-state index is 12.6. The molecule has 2 fully saturated rings. The maximum Gasteiger partial charge on any atom is 0.226 e. The van der Waals surface area contributed by atoms with E-state index in [0.717, 1.165) is 38.9 Å². The Balaban J connectivity index is 1.88. The van der Waals surface area contributed by atoms with Crippen molar-refractivity contribution < 1.29 is 4.79 Å². The van der Waals surface area contributed by atoms with Crippen LogP contribution in [0.15, 0.2) is 0 Å². The van der Waals surface area contributed by atoms with Crippen LogP contribution in [0.3, 0.4) is 0 Å². The number of hydrogen-bond acceptors (Lipinski definition) is 3. The van der Waals surface area contributed by atoms with Gasteiger partial charge in [-0.05, 0) is 65.6 Å². The first-order valence-electron chi connectivity index (χ1n) is 7.77. The summed E-state index contributed by atoms with van der Waals surface area (Å²) in [6.07, 6.45) is 3.12. The molecule has 0 spiro atoms. The zero-order valence-corrected chi connectivity index (χ0v) is 12.6. The lowest BCUT2D eigenvalue weighted by Crippen LogP contribution is -2.45. The van der Waals surface area contributed by atoms with Gasteiger partial charge in [0.1, 0.15) is 0 Å². The third-order valence-corrected chi connectivity index (χ3v) is 4.89. The minimum absolute atomic E-state index is 0.244. The van der Waals surface area contributed by atoms with Crippen LogP contribution in [0.2, 0.25) is 0 Å². The highest BCUT2D eigenvalue weighted by atomic mass is 16.2. The van der Waals surface area contributed by atoms with Gasteiger partial charge in [0.15, 0.2) is 0 Å². The van der Waals surface area contributed by atoms with Crippen molar-refractivity contribution in [2.45, 2.75) is 52.1 Å². The molecule has 2 saturated heterocycles.